The average Bonchev–Trinajstić information content (AvgIpc) is 3.42. The normalized spacial score (nSPS) is 21.8. The number of piperidine rings is 1. The summed E-state index contributed by atoms with van der Waals surface area (Å²) >= 11 is 0. The molecule has 2 aliphatic heterocycles. The summed E-state index contributed by atoms with van der Waals surface area (Å²) in [6, 6.07) is 8.00. The molecular weight excluding hydrogens is 517 g/mol. The van der Waals surface area contributed by atoms with Gasteiger partial charge in [-0.3, -0.25) is 4.79 Å². The number of alkyl halides is 1. The first kappa shape index (κ1) is 30.3. The summed E-state index contributed by atoms with van der Waals surface area (Å²) in [5.41, 5.74) is 11.6. The highest BCUT2D eigenvalue weighted by Gasteiger charge is 2.46. The minimum Gasteiger partial charge on any atom is -0.492 e. The van der Waals surface area contributed by atoms with Crippen LogP contribution in [0.25, 0.3) is 0 Å². The molecule has 1 saturated carbocycles. The Morgan fingerprint density at radius 3 is 2.73 bits per heavy atom. The van der Waals surface area contributed by atoms with Crippen molar-refractivity contribution in [3.63, 3.8) is 0 Å². The van der Waals surface area contributed by atoms with E-state index in [0.29, 0.717) is 30.7 Å². The van der Waals surface area contributed by atoms with Crippen LogP contribution in [-0.2, 0) is 11.3 Å². The van der Waals surface area contributed by atoms with E-state index in [1.165, 1.54) is 0 Å². The lowest BCUT2D eigenvalue weighted by Gasteiger charge is -2.52. The molecule has 8 heteroatoms. The lowest BCUT2D eigenvalue weighted by molar-refractivity contribution is 0.00567. The topological polar surface area (TPSA) is 92.0 Å². The summed E-state index contributed by atoms with van der Waals surface area (Å²) < 4.78 is 18.7. The van der Waals surface area contributed by atoms with Crippen LogP contribution in [-0.4, -0.2) is 56.0 Å². The van der Waals surface area contributed by atoms with Crippen LogP contribution in [0.3, 0.4) is 0 Å². The van der Waals surface area contributed by atoms with Crippen LogP contribution in [0, 0.1) is 5.41 Å². The van der Waals surface area contributed by atoms with E-state index in [0.717, 1.165) is 78.9 Å². The first-order valence-electron chi connectivity index (χ1n) is 14.5. The van der Waals surface area contributed by atoms with E-state index in [1.807, 2.05) is 37.3 Å². The van der Waals surface area contributed by atoms with Gasteiger partial charge in [0, 0.05) is 54.2 Å². The van der Waals surface area contributed by atoms with Crippen molar-refractivity contribution in [2.75, 3.05) is 32.9 Å². The summed E-state index contributed by atoms with van der Waals surface area (Å²) in [7, 11) is 0. The second-order valence-electron chi connectivity index (χ2n) is 11.4. The Labute approximate surface area is 243 Å². The van der Waals surface area contributed by atoms with Crippen LogP contribution in [0.5, 0.6) is 0 Å². The number of nitrogens with one attached hydrogen (secondary N) is 2. The van der Waals surface area contributed by atoms with E-state index >= 15 is 0 Å². The lowest BCUT2D eigenvalue weighted by atomic mass is 9.60. The number of carbonyl (C=O) groups is 1. The van der Waals surface area contributed by atoms with Crippen molar-refractivity contribution < 1.29 is 13.9 Å². The van der Waals surface area contributed by atoms with E-state index in [9.17, 15) is 9.18 Å². The van der Waals surface area contributed by atoms with E-state index < -0.39 is 0 Å². The van der Waals surface area contributed by atoms with Crippen LogP contribution in [0.15, 0.2) is 88.6 Å². The molecule has 3 fully saturated rings. The van der Waals surface area contributed by atoms with Crippen LogP contribution in [0.4, 0.5) is 4.39 Å². The number of aliphatic imine (C=N–C) groups is 1. The number of nitrogens with two attached hydrogens (primary N) is 1. The molecule has 1 aromatic rings. The van der Waals surface area contributed by atoms with Gasteiger partial charge in [-0.2, -0.15) is 0 Å². The standard InChI is InChI=1S/C33H44FN5O2/c1-5-29(23(2)9-14-36-25(4)35)31-30(10-18-41-31)24(3)37-22-26-7-6-8-27(19-26)32(40)38-28-20-33(21-28)11-15-39(16-12-33)17-13-34/h5-9,14,19,28,37H,1,4,10-13,15-18,20-22,35H2,2-3H3,(H,38,40)/b23-9+,30-24+,31-29-,36-14-. The van der Waals surface area contributed by atoms with Gasteiger partial charge in [0.05, 0.1) is 6.61 Å². The highest BCUT2D eigenvalue weighted by Crippen LogP contribution is 2.49. The predicted octanol–water partition coefficient (Wildman–Crippen LogP) is 5.30. The van der Waals surface area contributed by atoms with E-state index in [4.69, 9.17) is 10.5 Å². The molecule has 0 bridgehead atoms. The van der Waals surface area contributed by atoms with E-state index in [-0.39, 0.29) is 24.4 Å². The predicted molar refractivity (Wildman–Crippen MR) is 164 cm³/mol. The Bertz CT molecular complexity index is 1260. The molecule has 3 aliphatic rings. The van der Waals surface area contributed by atoms with Gasteiger partial charge in [-0.1, -0.05) is 31.4 Å². The van der Waals surface area contributed by atoms with Gasteiger partial charge in [0.1, 0.15) is 18.3 Å². The third-order valence-electron chi connectivity index (χ3n) is 8.52. The van der Waals surface area contributed by atoms with Crippen molar-refractivity contribution in [2.24, 2.45) is 16.1 Å². The first-order chi connectivity index (χ1) is 19.7. The van der Waals surface area contributed by atoms with Crippen molar-refractivity contribution in [1.29, 1.82) is 0 Å². The Morgan fingerprint density at radius 2 is 2.05 bits per heavy atom. The molecule has 4 N–H and O–H groups in total. The first-order valence-corrected chi connectivity index (χ1v) is 14.5. The summed E-state index contributed by atoms with van der Waals surface area (Å²) in [5.74, 6) is 1.05. The smallest absolute Gasteiger partial charge is 0.251 e. The zero-order chi connectivity index (χ0) is 29.4. The molecule has 2 saturated heterocycles. The lowest BCUT2D eigenvalue weighted by Crippen LogP contribution is -2.55. The molecule has 0 aromatic heterocycles. The number of likely N-dealkylation sites (tertiary alicyclic amines) is 1. The maximum Gasteiger partial charge on any atom is 0.251 e. The second kappa shape index (κ2) is 13.8. The molecule has 4 rings (SSSR count). The van der Waals surface area contributed by atoms with Crippen LogP contribution >= 0.6 is 0 Å². The van der Waals surface area contributed by atoms with Crippen LogP contribution < -0.4 is 16.4 Å². The molecule has 7 nitrogen and oxygen atoms in total. The van der Waals surface area contributed by atoms with Gasteiger partial charge in [-0.05, 0) is 87.4 Å². The molecule has 2 heterocycles. The van der Waals surface area contributed by atoms with Gasteiger partial charge in [0.25, 0.3) is 5.91 Å². The van der Waals surface area contributed by atoms with Gasteiger partial charge in [0.15, 0.2) is 0 Å². The second-order valence-corrected chi connectivity index (χ2v) is 11.4. The minimum atomic E-state index is -0.277. The number of allylic oxidation sites excluding steroid dienone is 6. The van der Waals surface area contributed by atoms with Crippen molar-refractivity contribution >= 4 is 12.1 Å². The number of amides is 1. The number of ether oxygens (including phenoxy) is 1. The highest BCUT2D eigenvalue weighted by atomic mass is 19.1. The van der Waals surface area contributed by atoms with E-state index in [1.54, 1.807) is 12.3 Å². The fraction of sp³-hybridized carbons (Fsp3) is 0.455. The highest BCUT2D eigenvalue weighted by molar-refractivity contribution is 5.94. The third kappa shape index (κ3) is 7.76. The molecule has 0 radical (unpaired) electrons. The Hall–Kier alpha value is -3.65. The number of halogens is 1. The monoisotopic (exact) mass is 561 g/mol. The Morgan fingerprint density at radius 1 is 1.29 bits per heavy atom. The molecule has 0 atom stereocenters. The molecule has 0 unspecified atom stereocenters. The summed E-state index contributed by atoms with van der Waals surface area (Å²) in [6.07, 6.45) is 10.3. The van der Waals surface area contributed by atoms with Crippen molar-refractivity contribution in [1.82, 2.24) is 15.5 Å². The largest absolute Gasteiger partial charge is 0.492 e. The fourth-order valence-corrected chi connectivity index (χ4v) is 6.12. The molecule has 1 aliphatic carbocycles. The molecule has 41 heavy (non-hydrogen) atoms. The van der Waals surface area contributed by atoms with Gasteiger partial charge in [0.2, 0.25) is 0 Å². The quantitative estimate of drug-likeness (QED) is 0.319. The number of hydrogen-bond acceptors (Lipinski definition) is 6. The Kier molecular flexibility index (Phi) is 10.2. The summed E-state index contributed by atoms with van der Waals surface area (Å²) in [6.45, 7) is 15.0. The number of rotatable bonds is 11. The maximum atomic E-state index is 13.0. The number of hydrogen-bond donors (Lipinski definition) is 3. The number of carbonyl (C=O) groups excluding carboxylic acids is 1. The number of nitrogens with zero attached hydrogens (tertiary/aromatic N) is 2. The van der Waals surface area contributed by atoms with E-state index in [2.05, 4.69) is 40.6 Å². The van der Waals surface area contributed by atoms with Gasteiger partial charge < -0.3 is 26.0 Å². The third-order valence-corrected chi connectivity index (χ3v) is 8.52. The zero-order valence-electron chi connectivity index (χ0n) is 24.5. The van der Waals surface area contributed by atoms with Crippen molar-refractivity contribution in [3.05, 3.63) is 94.7 Å². The number of benzene rings is 1. The van der Waals surface area contributed by atoms with Gasteiger partial charge in [-0.25, -0.2) is 9.38 Å². The zero-order valence-corrected chi connectivity index (χ0v) is 24.5. The van der Waals surface area contributed by atoms with Crippen LogP contribution in [0.2, 0.25) is 0 Å². The SMILES string of the molecule is C=CC(=C1/OCC/C1=C(/C)NCc1cccc(C(=O)NC2CC3(CCN(CCF)CC3)C2)c1)/C(C)=C/C=N\C(=C)N. The van der Waals surface area contributed by atoms with Crippen molar-refractivity contribution in [2.45, 2.75) is 58.5 Å². The van der Waals surface area contributed by atoms with Gasteiger partial charge in [-0.15, -0.1) is 0 Å². The molecule has 1 spiro atoms. The summed E-state index contributed by atoms with van der Waals surface area (Å²) in [5, 5.41) is 6.76. The molecule has 1 amide bonds. The molecular formula is C33H44FN5O2. The average molecular weight is 562 g/mol. The Balaban J connectivity index is 1.34. The fourth-order valence-electron chi connectivity index (χ4n) is 6.12. The van der Waals surface area contributed by atoms with Crippen LogP contribution in [0.1, 0.15) is 61.9 Å². The maximum absolute atomic E-state index is 13.0. The minimum absolute atomic E-state index is 0.0225. The van der Waals surface area contributed by atoms with Crippen molar-refractivity contribution in [3.8, 4) is 0 Å². The summed E-state index contributed by atoms with van der Waals surface area (Å²) in [4.78, 5) is 19.3. The molecule has 220 valence electrons. The molecule has 1 aromatic carbocycles. The van der Waals surface area contributed by atoms with Gasteiger partial charge >= 0.3 is 0 Å².